The van der Waals surface area contributed by atoms with Crippen molar-refractivity contribution in [3.8, 4) is 0 Å². The van der Waals surface area contributed by atoms with Gasteiger partial charge in [-0.1, -0.05) is 12.1 Å². The van der Waals surface area contributed by atoms with Crippen molar-refractivity contribution in [2.24, 2.45) is 0 Å². The molecular formula is C14H19N3. The van der Waals surface area contributed by atoms with E-state index in [0.29, 0.717) is 0 Å². The van der Waals surface area contributed by atoms with Crippen LogP contribution in [0, 0.1) is 0 Å². The number of nitrogen functional groups attached to an aromatic ring is 1. The Kier molecular flexibility index (Phi) is 2.84. The summed E-state index contributed by atoms with van der Waals surface area (Å²) in [5.41, 5.74) is 9.27. The van der Waals surface area contributed by atoms with E-state index >= 15 is 0 Å². The van der Waals surface area contributed by atoms with Gasteiger partial charge in [-0.2, -0.15) is 0 Å². The Hall–Kier alpha value is -1.90. The summed E-state index contributed by atoms with van der Waals surface area (Å²) in [5, 5.41) is 2.32. The normalized spacial score (nSPS) is 10.6. The van der Waals surface area contributed by atoms with Crippen LogP contribution in [0.2, 0.25) is 0 Å². The van der Waals surface area contributed by atoms with Crippen molar-refractivity contribution in [2.75, 3.05) is 43.7 Å². The van der Waals surface area contributed by atoms with Gasteiger partial charge < -0.3 is 15.5 Å². The fourth-order valence-corrected chi connectivity index (χ4v) is 2.14. The molecular weight excluding hydrogens is 210 g/mol. The lowest BCUT2D eigenvalue weighted by molar-refractivity contribution is 1.12. The number of rotatable bonds is 2. The third kappa shape index (κ3) is 1.88. The van der Waals surface area contributed by atoms with Crippen LogP contribution in [-0.2, 0) is 0 Å². The Bertz CT molecular complexity index is 530. The molecule has 3 heteroatoms. The molecule has 0 aliphatic carbocycles. The van der Waals surface area contributed by atoms with Crippen LogP contribution in [0.5, 0.6) is 0 Å². The van der Waals surface area contributed by atoms with Gasteiger partial charge in [0.05, 0.1) is 0 Å². The highest BCUT2D eigenvalue weighted by Gasteiger charge is 2.11. The molecule has 2 N–H and O–H groups in total. The molecule has 90 valence electrons. The highest BCUT2D eigenvalue weighted by molar-refractivity contribution is 6.08. The van der Waals surface area contributed by atoms with E-state index in [1.54, 1.807) is 0 Å². The minimum Gasteiger partial charge on any atom is -0.398 e. The van der Waals surface area contributed by atoms with E-state index in [1.165, 1.54) is 16.8 Å². The lowest BCUT2D eigenvalue weighted by Crippen LogP contribution is -2.13. The van der Waals surface area contributed by atoms with Crippen LogP contribution in [0.25, 0.3) is 10.8 Å². The summed E-state index contributed by atoms with van der Waals surface area (Å²) in [4.78, 5) is 4.24. The maximum Gasteiger partial charge on any atom is 0.0463 e. The third-order valence-electron chi connectivity index (χ3n) is 2.99. The van der Waals surface area contributed by atoms with Crippen molar-refractivity contribution >= 4 is 27.8 Å². The number of hydrogen-bond acceptors (Lipinski definition) is 3. The first kappa shape index (κ1) is 11.6. The Morgan fingerprint density at radius 2 is 1.41 bits per heavy atom. The molecule has 0 atom stereocenters. The van der Waals surface area contributed by atoms with E-state index in [1.807, 2.05) is 12.1 Å². The fraction of sp³-hybridized carbons (Fsp3) is 0.286. The minimum absolute atomic E-state index is 0.828. The molecule has 3 nitrogen and oxygen atoms in total. The topological polar surface area (TPSA) is 32.5 Å². The molecule has 17 heavy (non-hydrogen) atoms. The van der Waals surface area contributed by atoms with Crippen molar-refractivity contribution in [3.63, 3.8) is 0 Å². The predicted octanol–water partition coefficient (Wildman–Crippen LogP) is 2.55. The molecule has 2 aromatic carbocycles. The van der Waals surface area contributed by atoms with Crippen LogP contribution in [0.3, 0.4) is 0 Å². The minimum atomic E-state index is 0.828. The van der Waals surface area contributed by atoms with Crippen LogP contribution >= 0.6 is 0 Å². The van der Waals surface area contributed by atoms with Crippen molar-refractivity contribution < 1.29 is 0 Å². The van der Waals surface area contributed by atoms with Gasteiger partial charge in [0.1, 0.15) is 0 Å². The second kappa shape index (κ2) is 4.17. The van der Waals surface area contributed by atoms with Gasteiger partial charge in [0.2, 0.25) is 0 Å². The molecule has 0 spiro atoms. The number of hydrogen-bond donors (Lipinski definition) is 1. The van der Waals surface area contributed by atoms with Gasteiger partial charge in [0.15, 0.2) is 0 Å². The van der Waals surface area contributed by atoms with Crippen molar-refractivity contribution in [1.82, 2.24) is 0 Å². The summed E-state index contributed by atoms with van der Waals surface area (Å²) in [7, 11) is 8.21. The molecule has 0 saturated heterocycles. The first-order valence-electron chi connectivity index (χ1n) is 5.68. The summed E-state index contributed by atoms with van der Waals surface area (Å²) in [6, 6.07) is 10.3. The van der Waals surface area contributed by atoms with Gasteiger partial charge in [0.25, 0.3) is 0 Å². The monoisotopic (exact) mass is 229 g/mol. The predicted molar refractivity (Wildman–Crippen MR) is 77.0 cm³/mol. The Morgan fingerprint density at radius 1 is 0.824 bits per heavy atom. The number of anilines is 3. The molecule has 0 fully saturated rings. The van der Waals surface area contributed by atoms with Crippen LogP contribution < -0.4 is 15.5 Å². The zero-order valence-corrected chi connectivity index (χ0v) is 10.9. The number of nitrogens with two attached hydrogens (primary N) is 1. The lowest BCUT2D eigenvalue weighted by atomic mass is 10.0. The zero-order chi connectivity index (χ0) is 12.6. The summed E-state index contributed by atoms with van der Waals surface area (Å²) in [6.45, 7) is 0. The molecule has 0 bridgehead atoms. The average Bonchev–Trinajstić information content (AvgIpc) is 2.28. The van der Waals surface area contributed by atoms with E-state index in [4.69, 9.17) is 5.73 Å². The molecule has 0 aromatic heterocycles. The van der Waals surface area contributed by atoms with E-state index < -0.39 is 0 Å². The molecule has 0 radical (unpaired) electrons. The van der Waals surface area contributed by atoms with Gasteiger partial charge in [-0.3, -0.25) is 0 Å². The molecule has 0 saturated carbocycles. The van der Waals surface area contributed by atoms with Gasteiger partial charge in [0, 0.05) is 56.0 Å². The van der Waals surface area contributed by atoms with E-state index in [-0.39, 0.29) is 0 Å². The number of benzene rings is 2. The summed E-state index contributed by atoms with van der Waals surface area (Å²) < 4.78 is 0. The van der Waals surface area contributed by atoms with Crippen molar-refractivity contribution in [1.29, 1.82) is 0 Å². The standard InChI is InChI=1S/C14H19N3/c1-16(2)12-7-5-6-10-11(15)8-9-13(14(10)12)17(3)4/h5-9H,15H2,1-4H3. The maximum absolute atomic E-state index is 6.06. The van der Waals surface area contributed by atoms with Crippen LogP contribution in [0.4, 0.5) is 17.1 Å². The summed E-state index contributed by atoms with van der Waals surface area (Å²) in [6.07, 6.45) is 0. The van der Waals surface area contributed by atoms with E-state index in [9.17, 15) is 0 Å². The quantitative estimate of drug-likeness (QED) is 0.803. The van der Waals surface area contributed by atoms with Crippen molar-refractivity contribution in [2.45, 2.75) is 0 Å². The summed E-state index contributed by atoms with van der Waals surface area (Å²) >= 11 is 0. The number of nitrogens with zero attached hydrogens (tertiary/aromatic N) is 2. The molecule has 2 aromatic rings. The van der Waals surface area contributed by atoms with Gasteiger partial charge in [-0.15, -0.1) is 0 Å². The Balaban J connectivity index is 2.89. The van der Waals surface area contributed by atoms with Gasteiger partial charge in [-0.05, 0) is 18.2 Å². The third-order valence-corrected chi connectivity index (χ3v) is 2.99. The molecule has 2 rings (SSSR count). The van der Waals surface area contributed by atoms with Crippen LogP contribution in [-0.4, -0.2) is 28.2 Å². The molecule has 0 amide bonds. The van der Waals surface area contributed by atoms with Gasteiger partial charge in [-0.25, -0.2) is 0 Å². The Labute approximate surface area is 102 Å². The Morgan fingerprint density at radius 3 is 2.00 bits per heavy atom. The zero-order valence-electron chi connectivity index (χ0n) is 10.9. The highest BCUT2D eigenvalue weighted by atomic mass is 15.1. The van der Waals surface area contributed by atoms with Gasteiger partial charge >= 0.3 is 0 Å². The lowest BCUT2D eigenvalue weighted by Gasteiger charge is -2.22. The number of fused-ring (bicyclic) bond motifs is 1. The first-order valence-corrected chi connectivity index (χ1v) is 5.68. The largest absolute Gasteiger partial charge is 0.398 e. The molecule has 0 unspecified atom stereocenters. The SMILES string of the molecule is CN(C)c1cccc2c(N)ccc(N(C)C)c12. The average molecular weight is 229 g/mol. The summed E-state index contributed by atoms with van der Waals surface area (Å²) in [5.74, 6) is 0. The molecule has 0 heterocycles. The van der Waals surface area contributed by atoms with E-state index in [0.717, 1.165) is 11.1 Å². The van der Waals surface area contributed by atoms with Crippen molar-refractivity contribution in [3.05, 3.63) is 30.3 Å². The second-order valence-electron chi connectivity index (χ2n) is 4.66. The van der Waals surface area contributed by atoms with E-state index in [2.05, 4.69) is 56.2 Å². The second-order valence-corrected chi connectivity index (χ2v) is 4.66. The van der Waals surface area contributed by atoms with Crippen LogP contribution in [0.15, 0.2) is 30.3 Å². The smallest absolute Gasteiger partial charge is 0.0463 e. The molecule has 0 aliphatic heterocycles. The molecule has 0 aliphatic rings. The fourth-order valence-electron chi connectivity index (χ4n) is 2.14. The van der Waals surface area contributed by atoms with Crippen LogP contribution in [0.1, 0.15) is 0 Å². The highest BCUT2D eigenvalue weighted by Crippen LogP contribution is 2.36. The first-order chi connectivity index (χ1) is 8.02. The maximum atomic E-state index is 6.06.